The number of anilines is 2. The number of amides is 2. The number of carbonyl (C=O) groups excluding carboxylic acids is 2. The number of benzene rings is 2. The summed E-state index contributed by atoms with van der Waals surface area (Å²) in [6.07, 6.45) is 1.32. The lowest BCUT2D eigenvalue weighted by atomic mass is 10.1. The van der Waals surface area contributed by atoms with Gasteiger partial charge in [-0.05, 0) is 70.0 Å². The molecule has 3 rings (SSSR count). The zero-order valence-electron chi connectivity index (χ0n) is 18.1. The number of carbonyl (C=O) groups is 2. The van der Waals surface area contributed by atoms with Crippen molar-refractivity contribution in [2.75, 3.05) is 29.9 Å². The third-order valence-electron chi connectivity index (χ3n) is 5.72. The highest BCUT2D eigenvalue weighted by Gasteiger charge is 2.35. The molecule has 2 aromatic rings. The second-order valence-corrected chi connectivity index (χ2v) is 7.62. The van der Waals surface area contributed by atoms with Gasteiger partial charge in [0.2, 0.25) is 5.91 Å². The van der Waals surface area contributed by atoms with Gasteiger partial charge in [-0.2, -0.15) is 0 Å². The largest absolute Gasteiger partial charge is 0.372 e. The van der Waals surface area contributed by atoms with Gasteiger partial charge in [0.05, 0.1) is 4.92 Å². The van der Waals surface area contributed by atoms with Gasteiger partial charge in [0, 0.05) is 48.2 Å². The van der Waals surface area contributed by atoms with Crippen LogP contribution in [0.25, 0.3) is 0 Å². The van der Waals surface area contributed by atoms with Crippen molar-refractivity contribution in [3.05, 3.63) is 63.7 Å². The molecular formula is C23H28N4O4. The third-order valence-corrected chi connectivity index (χ3v) is 5.72. The number of aryl methyl sites for hydroxylation is 1. The third kappa shape index (κ3) is 4.84. The second-order valence-electron chi connectivity index (χ2n) is 7.62. The highest BCUT2D eigenvalue weighted by molar-refractivity contribution is 6.01. The maximum Gasteiger partial charge on any atom is 0.272 e. The van der Waals surface area contributed by atoms with Crippen molar-refractivity contribution in [1.82, 2.24) is 4.90 Å². The van der Waals surface area contributed by atoms with Gasteiger partial charge in [-0.1, -0.05) is 0 Å². The lowest BCUT2D eigenvalue weighted by molar-refractivity contribution is -0.385. The van der Waals surface area contributed by atoms with Gasteiger partial charge in [0.15, 0.2) is 0 Å². The van der Waals surface area contributed by atoms with Gasteiger partial charge in [0.25, 0.3) is 11.6 Å². The standard InChI is InChI=1S/C23H28N4O4/c1-4-25(5-2)19-11-9-18(10-12-19)24-22(28)21-7-6-14-26(21)23(29)17-8-13-20(27(30)31)16(3)15-17/h8-13,15,21H,4-7,14H2,1-3H3,(H,24,28). The molecule has 0 bridgehead atoms. The number of nitrogens with zero attached hydrogens (tertiary/aromatic N) is 3. The first-order chi connectivity index (χ1) is 14.8. The van der Waals surface area contributed by atoms with Crippen molar-refractivity contribution in [2.45, 2.75) is 39.7 Å². The van der Waals surface area contributed by atoms with Gasteiger partial charge in [-0.3, -0.25) is 19.7 Å². The van der Waals surface area contributed by atoms with Crippen LogP contribution in [0.5, 0.6) is 0 Å². The number of nitro benzene ring substituents is 1. The van der Waals surface area contributed by atoms with Crippen molar-refractivity contribution in [3.8, 4) is 0 Å². The molecule has 2 amide bonds. The van der Waals surface area contributed by atoms with Crippen LogP contribution in [0.15, 0.2) is 42.5 Å². The summed E-state index contributed by atoms with van der Waals surface area (Å²) in [5.74, 6) is -0.507. The molecule has 8 heteroatoms. The van der Waals surface area contributed by atoms with Crippen LogP contribution in [0, 0.1) is 17.0 Å². The van der Waals surface area contributed by atoms with E-state index in [2.05, 4.69) is 24.1 Å². The Labute approximate surface area is 182 Å². The Morgan fingerprint density at radius 1 is 1.16 bits per heavy atom. The molecule has 0 saturated carbocycles. The summed E-state index contributed by atoms with van der Waals surface area (Å²) in [6, 6.07) is 11.4. The number of rotatable bonds is 7. The van der Waals surface area contributed by atoms with E-state index in [1.807, 2.05) is 24.3 Å². The molecule has 1 aliphatic rings. The number of hydrogen-bond donors (Lipinski definition) is 1. The van der Waals surface area contributed by atoms with Crippen LogP contribution < -0.4 is 10.2 Å². The van der Waals surface area contributed by atoms with Crippen LogP contribution in [0.1, 0.15) is 42.6 Å². The minimum atomic E-state index is -0.564. The highest BCUT2D eigenvalue weighted by atomic mass is 16.6. The Morgan fingerprint density at radius 3 is 2.42 bits per heavy atom. The fraction of sp³-hybridized carbons (Fsp3) is 0.391. The smallest absolute Gasteiger partial charge is 0.272 e. The van der Waals surface area contributed by atoms with Crippen LogP contribution in [0.3, 0.4) is 0 Å². The first-order valence-corrected chi connectivity index (χ1v) is 10.6. The zero-order valence-corrected chi connectivity index (χ0v) is 18.1. The Kier molecular flexibility index (Phi) is 6.89. The average molecular weight is 425 g/mol. The molecule has 31 heavy (non-hydrogen) atoms. The fourth-order valence-corrected chi connectivity index (χ4v) is 4.01. The fourth-order valence-electron chi connectivity index (χ4n) is 4.01. The number of hydrogen-bond acceptors (Lipinski definition) is 5. The molecule has 1 fully saturated rings. The molecule has 1 atom stereocenters. The van der Waals surface area contributed by atoms with Gasteiger partial charge in [0.1, 0.15) is 6.04 Å². The zero-order chi connectivity index (χ0) is 22.5. The highest BCUT2D eigenvalue weighted by Crippen LogP contribution is 2.25. The molecule has 8 nitrogen and oxygen atoms in total. The van der Waals surface area contributed by atoms with Crippen LogP contribution in [-0.2, 0) is 4.79 Å². The Balaban J connectivity index is 1.71. The number of nitrogens with one attached hydrogen (secondary N) is 1. The van der Waals surface area contributed by atoms with Crippen molar-refractivity contribution < 1.29 is 14.5 Å². The van der Waals surface area contributed by atoms with Gasteiger partial charge in [-0.15, -0.1) is 0 Å². The van der Waals surface area contributed by atoms with E-state index in [1.165, 1.54) is 18.2 Å². The molecule has 1 heterocycles. The first-order valence-electron chi connectivity index (χ1n) is 10.6. The summed E-state index contributed by atoms with van der Waals surface area (Å²) in [4.78, 5) is 40.2. The maximum absolute atomic E-state index is 13.0. The van der Waals surface area contributed by atoms with Gasteiger partial charge >= 0.3 is 0 Å². The predicted octanol–water partition coefficient (Wildman–Crippen LogP) is 3.99. The summed E-state index contributed by atoms with van der Waals surface area (Å²) in [5.41, 5.74) is 2.52. The van der Waals surface area contributed by atoms with E-state index in [1.54, 1.807) is 11.8 Å². The van der Waals surface area contributed by atoms with Crippen molar-refractivity contribution in [2.24, 2.45) is 0 Å². The lowest BCUT2D eigenvalue weighted by Crippen LogP contribution is -2.43. The molecule has 2 aromatic carbocycles. The van der Waals surface area contributed by atoms with Crippen LogP contribution >= 0.6 is 0 Å². The van der Waals surface area contributed by atoms with Crippen molar-refractivity contribution in [3.63, 3.8) is 0 Å². The topological polar surface area (TPSA) is 95.8 Å². The molecule has 1 unspecified atom stereocenters. The Bertz CT molecular complexity index is 970. The summed E-state index contributed by atoms with van der Waals surface area (Å²) in [7, 11) is 0. The van der Waals surface area contributed by atoms with Crippen LogP contribution in [0.2, 0.25) is 0 Å². The van der Waals surface area contributed by atoms with E-state index in [9.17, 15) is 19.7 Å². The Hall–Kier alpha value is -3.42. The predicted molar refractivity (Wildman–Crippen MR) is 121 cm³/mol. The van der Waals surface area contributed by atoms with E-state index in [0.717, 1.165) is 25.2 Å². The summed E-state index contributed by atoms with van der Waals surface area (Å²) >= 11 is 0. The van der Waals surface area contributed by atoms with Crippen molar-refractivity contribution in [1.29, 1.82) is 0 Å². The minimum absolute atomic E-state index is 0.0274. The summed E-state index contributed by atoms with van der Waals surface area (Å²) < 4.78 is 0. The Morgan fingerprint density at radius 2 is 1.84 bits per heavy atom. The minimum Gasteiger partial charge on any atom is -0.372 e. The second kappa shape index (κ2) is 9.59. The lowest BCUT2D eigenvalue weighted by Gasteiger charge is -2.24. The van der Waals surface area contributed by atoms with Gasteiger partial charge < -0.3 is 15.1 Å². The van der Waals surface area contributed by atoms with E-state index < -0.39 is 11.0 Å². The maximum atomic E-state index is 13.0. The molecule has 0 radical (unpaired) electrons. The van der Waals surface area contributed by atoms with E-state index in [4.69, 9.17) is 0 Å². The van der Waals surface area contributed by atoms with E-state index >= 15 is 0 Å². The quantitative estimate of drug-likeness (QED) is 0.535. The number of likely N-dealkylation sites (tertiary alicyclic amines) is 1. The molecule has 164 valence electrons. The summed E-state index contributed by atoms with van der Waals surface area (Å²) in [6.45, 7) is 8.08. The molecular weight excluding hydrogens is 396 g/mol. The molecule has 1 N–H and O–H groups in total. The van der Waals surface area contributed by atoms with E-state index in [-0.39, 0.29) is 17.5 Å². The molecule has 0 aromatic heterocycles. The molecule has 0 aliphatic carbocycles. The first kappa shape index (κ1) is 22.3. The van der Waals surface area contributed by atoms with Gasteiger partial charge in [-0.25, -0.2) is 0 Å². The van der Waals surface area contributed by atoms with Crippen LogP contribution in [-0.4, -0.2) is 47.3 Å². The molecule has 1 aliphatic heterocycles. The SMILES string of the molecule is CCN(CC)c1ccc(NC(=O)C2CCCN2C(=O)c2ccc([N+](=O)[O-])c(C)c2)cc1. The monoisotopic (exact) mass is 424 g/mol. The molecule has 0 spiro atoms. The van der Waals surface area contributed by atoms with Crippen LogP contribution in [0.4, 0.5) is 17.1 Å². The molecule has 1 saturated heterocycles. The normalized spacial score (nSPS) is 15.6. The average Bonchev–Trinajstić information content (AvgIpc) is 3.25. The number of nitro groups is 1. The van der Waals surface area contributed by atoms with E-state index in [0.29, 0.717) is 29.8 Å². The summed E-state index contributed by atoms with van der Waals surface area (Å²) in [5, 5.41) is 13.9. The van der Waals surface area contributed by atoms with Crippen molar-refractivity contribution >= 4 is 28.9 Å².